The van der Waals surface area contributed by atoms with Crippen LogP contribution in [0.4, 0.5) is 5.82 Å². The summed E-state index contributed by atoms with van der Waals surface area (Å²) in [5.41, 5.74) is 9.57. The minimum Gasteiger partial charge on any atom is -0.382 e. The largest absolute Gasteiger partial charge is 0.382 e. The highest BCUT2D eigenvalue weighted by atomic mass is 127. The van der Waals surface area contributed by atoms with Crippen LogP contribution in [0.25, 0.3) is 22.4 Å². The third kappa shape index (κ3) is 2.88. The van der Waals surface area contributed by atoms with Crippen molar-refractivity contribution in [3.63, 3.8) is 0 Å². The molecule has 0 radical (unpaired) electrons. The van der Waals surface area contributed by atoms with Crippen molar-refractivity contribution >= 4 is 51.6 Å². The van der Waals surface area contributed by atoms with Crippen molar-refractivity contribution < 1.29 is 0 Å². The van der Waals surface area contributed by atoms with E-state index in [4.69, 9.17) is 28.9 Å². The second-order valence-corrected chi connectivity index (χ2v) is 6.53. The van der Waals surface area contributed by atoms with Gasteiger partial charge in [-0.25, -0.2) is 0 Å². The molecule has 0 saturated carbocycles. The summed E-state index contributed by atoms with van der Waals surface area (Å²) in [6.07, 6.45) is 0. The van der Waals surface area contributed by atoms with E-state index in [2.05, 4.69) is 32.8 Å². The molecule has 3 N–H and O–H groups in total. The Morgan fingerprint density at radius 3 is 2.57 bits per heavy atom. The van der Waals surface area contributed by atoms with Gasteiger partial charge in [-0.2, -0.15) is 5.10 Å². The van der Waals surface area contributed by atoms with Gasteiger partial charge >= 0.3 is 0 Å². The lowest BCUT2D eigenvalue weighted by Crippen LogP contribution is -1.90. The monoisotopic (exact) mass is 429 g/mol. The molecule has 0 aliphatic carbocycles. The molecule has 0 fully saturated rings. The van der Waals surface area contributed by atoms with Crippen LogP contribution in [0.1, 0.15) is 0 Å². The molecule has 6 heteroatoms. The summed E-state index contributed by atoms with van der Waals surface area (Å²) in [7, 11) is 0. The molecule has 3 rings (SSSR count). The molecule has 0 aliphatic rings. The highest BCUT2D eigenvalue weighted by molar-refractivity contribution is 14.1. The fourth-order valence-electron chi connectivity index (χ4n) is 2.18. The van der Waals surface area contributed by atoms with E-state index in [-0.39, 0.29) is 0 Å². The van der Waals surface area contributed by atoms with Gasteiger partial charge in [0.25, 0.3) is 0 Å². The predicted molar refractivity (Wildman–Crippen MR) is 96.6 cm³/mol. The van der Waals surface area contributed by atoms with E-state index in [1.54, 1.807) is 0 Å². The average molecular weight is 430 g/mol. The summed E-state index contributed by atoms with van der Waals surface area (Å²) in [4.78, 5) is 0. The number of nitrogen functional groups attached to an aromatic ring is 1. The summed E-state index contributed by atoms with van der Waals surface area (Å²) >= 11 is 14.4. The molecule has 106 valence electrons. The van der Waals surface area contributed by atoms with E-state index in [9.17, 15) is 0 Å². The van der Waals surface area contributed by atoms with Crippen LogP contribution in [0.5, 0.6) is 0 Å². The Labute approximate surface area is 145 Å². The van der Waals surface area contributed by atoms with E-state index in [1.165, 1.54) is 0 Å². The van der Waals surface area contributed by atoms with E-state index >= 15 is 0 Å². The van der Waals surface area contributed by atoms with E-state index in [1.807, 2.05) is 42.5 Å². The number of nitrogens with zero attached hydrogens (tertiary/aromatic N) is 1. The van der Waals surface area contributed by atoms with Crippen LogP contribution in [0, 0.1) is 3.57 Å². The number of hydrogen-bond donors (Lipinski definition) is 2. The van der Waals surface area contributed by atoms with Crippen LogP contribution in [-0.2, 0) is 0 Å². The Bertz CT molecular complexity index is 814. The highest BCUT2D eigenvalue weighted by Crippen LogP contribution is 2.38. The third-order valence-corrected chi connectivity index (χ3v) is 4.52. The second-order valence-electron chi connectivity index (χ2n) is 4.49. The van der Waals surface area contributed by atoms with Gasteiger partial charge in [-0.3, -0.25) is 5.10 Å². The first-order valence-corrected chi connectivity index (χ1v) is 7.95. The van der Waals surface area contributed by atoms with Gasteiger partial charge in [-0.05, 0) is 58.5 Å². The minimum atomic E-state index is 0.433. The third-order valence-electron chi connectivity index (χ3n) is 3.11. The van der Waals surface area contributed by atoms with Crippen LogP contribution in [0.2, 0.25) is 10.0 Å². The molecule has 3 aromatic rings. The van der Waals surface area contributed by atoms with Gasteiger partial charge in [0.1, 0.15) is 0 Å². The van der Waals surface area contributed by atoms with E-state index < -0.39 is 0 Å². The lowest BCUT2D eigenvalue weighted by Gasteiger charge is -2.08. The lowest BCUT2D eigenvalue weighted by molar-refractivity contribution is 1.10. The predicted octanol–water partition coefficient (Wildman–Crippen LogP) is 5.24. The Balaban J connectivity index is 2.24. The van der Waals surface area contributed by atoms with Gasteiger partial charge in [0.05, 0.1) is 11.3 Å². The van der Waals surface area contributed by atoms with Crippen LogP contribution in [-0.4, -0.2) is 10.2 Å². The van der Waals surface area contributed by atoms with Crippen molar-refractivity contribution in [1.82, 2.24) is 10.2 Å². The standard InChI is InChI=1S/C15H10Cl2IN3/c16-9-3-1-2-8(6-9)13-14(20-21-15(13)19)11-7-10(17)4-5-12(11)18/h1-7H,(H3,19,20,21). The van der Waals surface area contributed by atoms with Gasteiger partial charge in [0.2, 0.25) is 0 Å². The molecule has 0 aliphatic heterocycles. The number of nitrogens with one attached hydrogen (secondary N) is 1. The molecule has 0 saturated heterocycles. The molecule has 0 spiro atoms. The van der Waals surface area contributed by atoms with Crippen molar-refractivity contribution in [2.45, 2.75) is 0 Å². The van der Waals surface area contributed by atoms with Crippen molar-refractivity contribution in [3.8, 4) is 22.4 Å². The minimum absolute atomic E-state index is 0.433. The number of H-pyrrole nitrogens is 1. The number of rotatable bonds is 2. The maximum atomic E-state index is 6.11. The van der Waals surface area contributed by atoms with Gasteiger partial charge in [-0.15, -0.1) is 0 Å². The summed E-state index contributed by atoms with van der Waals surface area (Å²) < 4.78 is 1.06. The molecule has 2 aromatic carbocycles. The Morgan fingerprint density at radius 1 is 1.05 bits per heavy atom. The zero-order valence-corrected chi connectivity index (χ0v) is 14.4. The fourth-order valence-corrected chi connectivity index (χ4v) is 3.14. The SMILES string of the molecule is Nc1n[nH]c(-c2cc(Cl)ccc2I)c1-c1cccc(Cl)c1. The van der Waals surface area contributed by atoms with Gasteiger partial charge in [0, 0.05) is 19.2 Å². The first-order chi connectivity index (χ1) is 10.1. The normalized spacial score (nSPS) is 10.8. The number of hydrogen-bond acceptors (Lipinski definition) is 2. The smallest absolute Gasteiger partial charge is 0.153 e. The van der Waals surface area contributed by atoms with E-state index in [0.29, 0.717) is 15.9 Å². The molecule has 3 nitrogen and oxygen atoms in total. The Hall–Kier alpha value is -1.24. The fraction of sp³-hybridized carbons (Fsp3) is 0. The first-order valence-electron chi connectivity index (χ1n) is 6.11. The molecule has 1 heterocycles. The summed E-state index contributed by atoms with van der Waals surface area (Å²) in [5.74, 6) is 0.433. The van der Waals surface area contributed by atoms with Gasteiger partial charge < -0.3 is 5.73 Å². The van der Waals surface area contributed by atoms with Crippen molar-refractivity contribution in [1.29, 1.82) is 0 Å². The maximum Gasteiger partial charge on any atom is 0.153 e. The Morgan fingerprint density at radius 2 is 1.81 bits per heavy atom. The van der Waals surface area contributed by atoms with Crippen molar-refractivity contribution in [2.75, 3.05) is 5.73 Å². The van der Waals surface area contributed by atoms with Crippen LogP contribution in [0.3, 0.4) is 0 Å². The molecular formula is C15H10Cl2IN3. The number of anilines is 1. The number of aromatic amines is 1. The number of benzene rings is 2. The van der Waals surface area contributed by atoms with Crippen LogP contribution in [0.15, 0.2) is 42.5 Å². The molecule has 0 atom stereocenters. The zero-order valence-electron chi connectivity index (χ0n) is 10.7. The van der Waals surface area contributed by atoms with Gasteiger partial charge in [-0.1, -0.05) is 35.3 Å². The first kappa shape index (κ1) is 14.7. The average Bonchev–Trinajstić information content (AvgIpc) is 2.83. The van der Waals surface area contributed by atoms with E-state index in [0.717, 1.165) is 26.0 Å². The summed E-state index contributed by atoms with van der Waals surface area (Å²) in [6, 6.07) is 13.2. The molecule has 0 bridgehead atoms. The van der Waals surface area contributed by atoms with Crippen LogP contribution >= 0.6 is 45.8 Å². The number of nitrogens with two attached hydrogens (primary N) is 1. The quantitative estimate of drug-likeness (QED) is 0.547. The van der Waals surface area contributed by atoms with Crippen molar-refractivity contribution in [2.24, 2.45) is 0 Å². The molecule has 0 unspecified atom stereocenters. The van der Waals surface area contributed by atoms with Crippen LogP contribution < -0.4 is 5.73 Å². The topological polar surface area (TPSA) is 54.7 Å². The Kier molecular flexibility index (Phi) is 4.10. The molecule has 1 aromatic heterocycles. The number of halogens is 3. The number of aromatic nitrogens is 2. The van der Waals surface area contributed by atoms with Gasteiger partial charge in [0.15, 0.2) is 5.82 Å². The summed E-state index contributed by atoms with van der Waals surface area (Å²) in [5, 5.41) is 8.44. The highest BCUT2D eigenvalue weighted by Gasteiger charge is 2.17. The second kappa shape index (κ2) is 5.87. The molecule has 0 amide bonds. The molecule has 21 heavy (non-hydrogen) atoms. The maximum absolute atomic E-state index is 6.11. The van der Waals surface area contributed by atoms with Crippen molar-refractivity contribution in [3.05, 3.63) is 56.1 Å². The summed E-state index contributed by atoms with van der Waals surface area (Å²) in [6.45, 7) is 0. The molecular weight excluding hydrogens is 420 g/mol. The lowest BCUT2D eigenvalue weighted by atomic mass is 10.0. The zero-order chi connectivity index (χ0) is 15.0.